The van der Waals surface area contributed by atoms with Gasteiger partial charge in [0.05, 0.1) is 0 Å². The van der Waals surface area contributed by atoms with Crippen molar-refractivity contribution in [3.63, 3.8) is 0 Å². The number of benzene rings is 1. The Balaban J connectivity index is 3.80. The van der Waals surface area contributed by atoms with Crippen LogP contribution in [-0.4, -0.2) is 21.8 Å². The molecule has 1 rings (SSSR count). The third-order valence-electron chi connectivity index (χ3n) is 1.94. The zero-order chi connectivity index (χ0) is 15.9. The third kappa shape index (κ3) is 2.95. The van der Waals surface area contributed by atoms with Crippen molar-refractivity contribution in [1.82, 2.24) is 4.72 Å². The van der Waals surface area contributed by atoms with Crippen LogP contribution < -0.4 is 9.46 Å². The zero-order valence-corrected chi connectivity index (χ0v) is 10.1. The monoisotopic (exact) mass is 327 g/mol. The van der Waals surface area contributed by atoms with Gasteiger partial charge in [-0.1, -0.05) is 0 Å². The van der Waals surface area contributed by atoms with Crippen LogP contribution in [0.1, 0.15) is 0 Å². The van der Waals surface area contributed by atoms with Gasteiger partial charge in [-0.05, 0) is 7.05 Å². The van der Waals surface area contributed by atoms with Crippen molar-refractivity contribution in [3.05, 3.63) is 23.3 Å². The minimum atomic E-state index is -5.66. The van der Waals surface area contributed by atoms with Gasteiger partial charge in [0.15, 0.2) is 22.3 Å². The first kappa shape index (κ1) is 16.5. The molecule has 0 fully saturated rings. The fraction of sp³-hybridized carbons (Fsp3) is 0.250. The van der Waals surface area contributed by atoms with E-state index in [1.54, 1.807) is 0 Å². The second kappa shape index (κ2) is 5.09. The Hall–Kier alpha value is -1.56. The lowest BCUT2D eigenvalue weighted by Gasteiger charge is -2.15. The normalized spacial score (nSPS) is 12.6. The minimum absolute atomic E-state index is 0.630. The molecular formula is C8H4F7NO3S. The molecule has 0 saturated heterocycles. The molecule has 0 aliphatic heterocycles. The van der Waals surface area contributed by atoms with Crippen molar-refractivity contribution in [2.24, 2.45) is 0 Å². The summed E-state index contributed by atoms with van der Waals surface area (Å²) < 4.78 is 115. The number of alkyl halides is 3. The fourth-order valence-electron chi connectivity index (χ4n) is 1.14. The molecule has 0 aromatic heterocycles. The van der Waals surface area contributed by atoms with Crippen LogP contribution >= 0.6 is 0 Å². The highest BCUT2D eigenvalue weighted by Crippen LogP contribution is 2.36. The predicted molar refractivity (Wildman–Crippen MR) is 49.2 cm³/mol. The number of hydrogen-bond acceptors (Lipinski definition) is 3. The van der Waals surface area contributed by atoms with Gasteiger partial charge in [0, 0.05) is 0 Å². The average molecular weight is 327 g/mol. The van der Waals surface area contributed by atoms with Crippen molar-refractivity contribution in [2.45, 2.75) is 11.3 Å². The lowest BCUT2D eigenvalue weighted by atomic mass is 10.3. The summed E-state index contributed by atoms with van der Waals surface area (Å²) in [5, 5.41) is 0. The second-order valence-electron chi connectivity index (χ2n) is 3.17. The molecule has 0 aliphatic carbocycles. The summed E-state index contributed by atoms with van der Waals surface area (Å²) in [7, 11) is -4.46. The van der Waals surface area contributed by atoms with Crippen LogP contribution in [0.5, 0.6) is 5.75 Å². The predicted octanol–water partition coefficient (Wildman–Crippen LogP) is 2.05. The SMILES string of the molecule is CNS(=O)(=O)c1c(F)c(F)c(F)c(F)c1OC(F)(F)F. The van der Waals surface area contributed by atoms with Gasteiger partial charge in [-0.25, -0.2) is 26.3 Å². The van der Waals surface area contributed by atoms with E-state index in [-0.39, 0.29) is 0 Å². The van der Waals surface area contributed by atoms with Gasteiger partial charge in [0.1, 0.15) is 0 Å². The molecule has 0 amide bonds. The largest absolute Gasteiger partial charge is 0.573 e. The van der Waals surface area contributed by atoms with E-state index in [2.05, 4.69) is 4.74 Å². The van der Waals surface area contributed by atoms with Gasteiger partial charge in [-0.3, -0.25) is 0 Å². The molecule has 4 nitrogen and oxygen atoms in total. The highest BCUT2D eigenvalue weighted by molar-refractivity contribution is 7.89. The van der Waals surface area contributed by atoms with Crippen molar-refractivity contribution >= 4 is 10.0 Å². The average Bonchev–Trinajstić information content (AvgIpc) is 2.31. The maximum atomic E-state index is 13.3. The zero-order valence-electron chi connectivity index (χ0n) is 9.28. The lowest BCUT2D eigenvalue weighted by Crippen LogP contribution is -2.26. The molecule has 114 valence electrons. The minimum Gasteiger partial charge on any atom is -0.401 e. The lowest BCUT2D eigenvalue weighted by molar-refractivity contribution is -0.276. The van der Waals surface area contributed by atoms with E-state index >= 15 is 0 Å². The van der Waals surface area contributed by atoms with Gasteiger partial charge in [0.2, 0.25) is 21.7 Å². The molecule has 1 aromatic carbocycles. The highest BCUT2D eigenvalue weighted by Gasteiger charge is 2.40. The molecular weight excluding hydrogens is 323 g/mol. The van der Waals surface area contributed by atoms with Gasteiger partial charge in [-0.15, -0.1) is 13.2 Å². The Morgan fingerprint density at radius 2 is 1.40 bits per heavy atom. The van der Waals surface area contributed by atoms with E-state index in [1.807, 2.05) is 0 Å². The van der Waals surface area contributed by atoms with E-state index in [0.29, 0.717) is 7.05 Å². The third-order valence-corrected chi connectivity index (χ3v) is 3.38. The summed E-state index contributed by atoms with van der Waals surface area (Å²) in [5.41, 5.74) is 0. The number of hydrogen-bond donors (Lipinski definition) is 1. The van der Waals surface area contributed by atoms with Gasteiger partial charge >= 0.3 is 6.36 Å². The number of rotatable bonds is 3. The molecule has 0 spiro atoms. The summed E-state index contributed by atoms with van der Waals surface area (Å²) in [5.74, 6) is -12.7. The molecule has 0 atom stereocenters. The molecule has 0 saturated carbocycles. The molecule has 20 heavy (non-hydrogen) atoms. The molecule has 0 heterocycles. The van der Waals surface area contributed by atoms with Gasteiger partial charge < -0.3 is 4.74 Å². The van der Waals surface area contributed by atoms with Crippen LogP contribution in [0, 0.1) is 23.3 Å². The Kier molecular flexibility index (Phi) is 4.20. The number of ether oxygens (including phenoxy) is 1. The van der Waals surface area contributed by atoms with E-state index in [9.17, 15) is 39.2 Å². The van der Waals surface area contributed by atoms with E-state index in [4.69, 9.17) is 0 Å². The van der Waals surface area contributed by atoms with Crippen LogP contribution in [0.3, 0.4) is 0 Å². The molecule has 12 heteroatoms. The topological polar surface area (TPSA) is 55.4 Å². The van der Waals surface area contributed by atoms with Gasteiger partial charge in [-0.2, -0.15) is 4.39 Å². The summed E-state index contributed by atoms with van der Waals surface area (Å²) >= 11 is 0. The second-order valence-corrected chi connectivity index (χ2v) is 4.99. The molecule has 1 aromatic rings. The molecule has 1 N–H and O–H groups in total. The van der Waals surface area contributed by atoms with Gasteiger partial charge in [0.25, 0.3) is 0 Å². The smallest absolute Gasteiger partial charge is 0.401 e. The van der Waals surface area contributed by atoms with Crippen LogP contribution in [0.15, 0.2) is 4.90 Å². The number of nitrogens with one attached hydrogen (secondary N) is 1. The van der Waals surface area contributed by atoms with E-state index in [1.165, 1.54) is 4.72 Å². The Bertz CT molecular complexity index is 641. The first-order valence-corrected chi connectivity index (χ1v) is 5.96. The van der Waals surface area contributed by atoms with Crippen molar-refractivity contribution in [2.75, 3.05) is 7.05 Å². The summed E-state index contributed by atoms with van der Waals surface area (Å²) in [6.07, 6.45) is -5.66. The van der Waals surface area contributed by atoms with Crippen LogP contribution in [0.2, 0.25) is 0 Å². The maximum absolute atomic E-state index is 13.3. The summed E-state index contributed by atoms with van der Waals surface area (Å²) in [6.45, 7) is 0. The standard InChI is InChI=1S/C8H4F7NO3S/c1-16-20(17,18)7-5(12)3(10)2(9)4(11)6(7)19-8(13,14)15/h16H,1H3. The summed E-state index contributed by atoms with van der Waals surface area (Å²) in [6, 6.07) is 0. The molecule has 0 bridgehead atoms. The maximum Gasteiger partial charge on any atom is 0.573 e. The first-order valence-electron chi connectivity index (χ1n) is 4.47. The molecule has 0 aliphatic rings. The molecule has 0 radical (unpaired) electrons. The number of sulfonamides is 1. The number of halogens is 7. The van der Waals surface area contributed by atoms with Crippen LogP contribution in [0.4, 0.5) is 30.7 Å². The van der Waals surface area contributed by atoms with Crippen molar-refractivity contribution < 1.29 is 43.9 Å². The van der Waals surface area contributed by atoms with E-state index < -0.39 is 50.3 Å². The first-order chi connectivity index (χ1) is 8.92. The highest BCUT2D eigenvalue weighted by atomic mass is 32.2. The van der Waals surface area contributed by atoms with E-state index in [0.717, 1.165) is 0 Å². The van der Waals surface area contributed by atoms with Crippen LogP contribution in [-0.2, 0) is 10.0 Å². The Labute approximate surface area is 107 Å². The Morgan fingerprint density at radius 3 is 1.80 bits per heavy atom. The van der Waals surface area contributed by atoms with Crippen LogP contribution in [0.25, 0.3) is 0 Å². The quantitative estimate of drug-likeness (QED) is 0.525. The van der Waals surface area contributed by atoms with Crippen molar-refractivity contribution in [1.29, 1.82) is 0 Å². The summed E-state index contributed by atoms with van der Waals surface area (Å²) in [4.78, 5) is -2.13. The molecule has 0 unspecified atom stereocenters. The Morgan fingerprint density at radius 1 is 0.950 bits per heavy atom. The fourth-order valence-corrected chi connectivity index (χ4v) is 2.05. The van der Waals surface area contributed by atoms with Crippen molar-refractivity contribution in [3.8, 4) is 5.75 Å².